The molecule has 1 unspecified atom stereocenters. The molecule has 2 aromatic rings. The fraction of sp³-hybridized carbons (Fsp3) is 0.0526. The number of rotatable bonds is 0. The van der Waals surface area contributed by atoms with E-state index in [0.29, 0.717) is 0 Å². The Hall–Kier alpha value is -2.38. The van der Waals surface area contributed by atoms with Crippen LogP contribution in [0.1, 0.15) is 11.1 Å². The molecule has 2 aliphatic rings. The summed E-state index contributed by atoms with van der Waals surface area (Å²) in [6, 6.07) is 16.6. The Labute approximate surface area is 117 Å². The van der Waals surface area contributed by atoms with Gasteiger partial charge in [0.05, 0.1) is 6.10 Å². The number of allylic oxidation sites excluding steroid dienone is 2. The molecule has 0 radical (unpaired) electrons. The van der Waals surface area contributed by atoms with Gasteiger partial charge in [0.15, 0.2) is 0 Å². The van der Waals surface area contributed by atoms with Gasteiger partial charge in [-0.1, -0.05) is 66.8 Å². The van der Waals surface area contributed by atoms with Gasteiger partial charge in [-0.2, -0.15) is 0 Å². The van der Waals surface area contributed by atoms with Gasteiger partial charge in [0, 0.05) is 5.57 Å². The van der Waals surface area contributed by atoms with Crippen LogP contribution >= 0.6 is 0 Å². The number of fused-ring (bicyclic) bond motifs is 4. The molecular weight excluding hydrogens is 244 g/mol. The summed E-state index contributed by atoms with van der Waals surface area (Å²) in [5.74, 6) is 0. The first-order valence-corrected chi connectivity index (χ1v) is 6.82. The van der Waals surface area contributed by atoms with Gasteiger partial charge in [-0.05, 0) is 33.2 Å². The molecule has 2 aliphatic carbocycles. The van der Waals surface area contributed by atoms with Crippen molar-refractivity contribution in [2.24, 2.45) is 0 Å². The predicted molar refractivity (Wildman–Crippen MR) is 82.2 cm³/mol. The molecule has 0 saturated heterocycles. The van der Waals surface area contributed by atoms with Gasteiger partial charge < -0.3 is 5.11 Å². The molecule has 0 bridgehead atoms. The van der Waals surface area contributed by atoms with Crippen LogP contribution < -0.4 is 10.4 Å². The molecular formula is C19H14O. The molecule has 0 fully saturated rings. The Morgan fingerprint density at radius 2 is 1.70 bits per heavy atom. The van der Waals surface area contributed by atoms with Gasteiger partial charge in [0.1, 0.15) is 0 Å². The Morgan fingerprint density at radius 3 is 2.65 bits per heavy atom. The molecule has 20 heavy (non-hydrogen) atoms. The first kappa shape index (κ1) is 11.4. The van der Waals surface area contributed by atoms with Gasteiger partial charge in [-0.15, -0.1) is 0 Å². The molecule has 96 valence electrons. The summed E-state index contributed by atoms with van der Waals surface area (Å²) >= 11 is 0. The van der Waals surface area contributed by atoms with Gasteiger partial charge in [-0.3, -0.25) is 0 Å². The van der Waals surface area contributed by atoms with E-state index in [0.717, 1.165) is 21.6 Å². The summed E-state index contributed by atoms with van der Waals surface area (Å²) in [4.78, 5) is 0. The van der Waals surface area contributed by atoms with Crippen LogP contribution in [0, 0.1) is 0 Å². The summed E-state index contributed by atoms with van der Waals surface area (Å²) in [7, 11) is 0. The minimum Gasteiger partial charge on any atom is -0.384 e. The molecule has 0 heterocycles. The lowest BCUT2D eigenvalue weighted by Gasteiger charge is -2.19. The zero-order chi connectivity index (χ0) is 13.5. The highest BCUT2D eigenvalue weighted by Crippen LogP contribution is 2.32. The number of aliphatic hydroxyl groups excluding tert-OH is 1. The minimum absolute atomic E-state index is 0.546. The van der Waals surface area contributed by atoms with Crippen LogP contribution in [0.25, 0.3) is 17.2 Å². The SMILES string of the molecule is OC1C=CC=C2C1=c1ccccc1=Cc1ccccc12. The van der Waals surface area contributed by atoms with Gasteiger partial charge >= 0.3 is 0 Å². The average Bonchev–Trinajstić information content (AvgIpc) is 2.62. The van der Waals surface area contributed by atoms with Crippen molar-refractivity contribution in [1.82, 2.24) is 0 Å². The third-order valence-corrected chi connectivity index (χ3v) is 3.96. The number of benzene rings is 2. The van der Waals surface area contributed by atoms with Gasteiger partial charge in [-0.25, -0.2) is 0 Å². The molecule has 2 aromatic carbocycles. The highest BCUT2D eigenvalue weighted by Gasteiger charge is 2.21. The predicted octanol–water partition coefficient (Wildman–Crippen LogP) is 1.99. The zero-order valence-corrected chi connectivity index (χ0v) is 11.0. The molecule has 4 rings (SSSR count). The standard InChI is InChI=1S/C19H14O/c20-18-11-5-10-17-15-8-3-1-6-13(15)12-14-7-2-4-9-16(14)19(17)18/h1-12,18,20H. The van der Waals surface area contributed by atoms with Crippen LogP contribution in [-0.4, -0.2) is 11.2 Å². The monoisotopic (exact) mass is 258 g/mol. The molecule has 0 saturated carbocycles. The molecule has 1 heteroatoms. The fourth-order valence-corrected chi connectivity index (χ4v) is 3.05. The Balaban J connectivity index is 2.23. The van der Waals surface area contributed by atoms with E-state index < -0.39 is 6.10 Å². The van der Waals surface area contributed by atoms with Crippen molar-refractivity contribution in [1.29, 1.82) is 0 Å². The van der Waals surface area contributed by atoms with Gasteiger partial charge in [0.25, 0.3) is 0 Å². The Morgan fingerprint density at radius 1 is 0.900 bits per heavy atom. The van der Waals surface area contributed by atoms with Crippen molar-refractivity contribution in [3.8, 4) is 0 Å². The molecule has 0 spiro atoms. The summed E-state index contributed by atoms with van der Waals surface area (Å²) in [5.41, 5.74) is 4.51. The molecule has 0 aromatic heterocycles. The highest BCUT2D eigenvalue weighted by atomic mass is 16.3. The second-order valence-electron chi connectivity index (χ2n) is 5.14. The highest BCUT2D eigenvalue weighted by molar-refractivity contribution is 6.04. The molecule has 1 nitrogen and oxygen atoms in total. The summed E-state index contributed by atoms with van der Waals surface area (Å²) in [5, 5.41) is 12.7. The van der Waals surface area contributed by atoms with Crippen molar-refractivity contribution in [3.63, 3.8) is 0 Å². The molecule has 0 aliphatic heterocycles. The second kappa shape index (κ2) is 4.32. The Bertz CT molecular complexity index is 869. The maximum absolute atomic E-state index is 10.4. The topological polar surface area (TPSA) is 20.2 Å². The average molecular weight is 258 g/mol. The zero-order valence-electron chi connectivity index (χ0n) is 11.0. The van der Waals surface area contributed by atoms with E-state index in [1.54, 1.807) is 0 Å². The third-order valence-electron chi connectivity index (χ3n) is 3.96. The lowest BCUT2D eigenvalue weighted by atomic mass is 9.88. The van der Waals surface area contributed by atoms with Crippen LogP contribution in [-0.2, 0) is 0 Å². The van der Waals surface area contributed by atoms with Crippen molar-refractivity contribution in [2.75, 3.05) is 0 Å². The first-order valence-electron chi connectivity index (χ1n) is 6.82. The van der Waals surface area contributed by atoms with Crippen molar-refractivity contribution in [2.45, 2.75) is 6.10 Å². The van der Waals surface area contributed by atoms with E-state index in [-0.39, 0.29) is 0 Å². The van der Waals surface area contributed by atoms with Crippen LogP contribution in [0.3, 0.4) is 0 Å². The van der Waals surface area contributed by atoms with Crippen molar-refractivity contribution >= 4 is 17.2 Å². The maximum atomic E-state index is 10.4. The van der Waals surface area contributed by atoms with Crippen LogP contribution in [0.5, 0.6) is 0 Å². The number of aliphatic hydroxyl groups is 1. The fourth-order valence-electron chi connectivity index (χ4n) is 3.05. The third kappa shape index (κ3) is 1.60. The summed E-state index contributed by atoms with van der Waals surface area (Å²) < 4.78 is 0. The molecule has 1 atom stereocenters. The van der Waals surface area contributed by atoms with E-state index in [2.05, 4.69) is 42.5 Å². The van der Waals surface area contributed by atoms with Crippen LogP contribution in [0.4, 0.5) is 0 Å². The van der Waals surface area contributed by atoms with E-state index in [9.17, 15) is 5.11 Å². The lowest BCUT2D eigenvalue weighted by Crippen LogP contribution is -2.30. The quantitative estimate of drug-likeness (QED) is 0.766. The molecule has 0 amide bonds. The Kier molecular flexibility index (Phi) is 2.48. The maximum Gasteiger partial charge on any atom is 0.0986 e. The lowest BCUT2D eigenvalue weighted by molar-refractivity contribution is 0.280. The molecule has 1 N–H and O–H groups in total. The smallest absolute Gasteiger partial charge is 0.0986 e. The first-order chi connectivity index (χ1) is 9.84. The van der Waals surface area contributed by atoms with Crippen molar-refractivity contribution in [3.05, 3.63) is 88.3 Å². The summed E-state index contributed by atoms with van der Waals surface area (Å²) in [6.45, 7) is 0. The normalized spacial score (nSPS) is 19.1. The second-order valence-corrected chi connectivity index (χ2v) is 5.14. The van der Waals surface area contributed by atoms with E-state index in [1.165, 1.54) is 11.1 Å². The number of hydrogen-bond donors (Lipinski definition) is 1. The van der Waals surface area contributed by atoms with Crippen molar-refractivity contribution < 1.29 is 5.11 Å². The minimum atomic E-state index is -0.546. The van der Waals surface area contributed by atoms with Gasteiger partial charge in [0.2, 0.25) is 0 Å². The van der Waals surface area contributed by atoms with E-state index >= 15 is 0 Å². The largest absolute Gasteiger partial charge is 0.384 e. The summed E-state index contributed by atoms with van der Waals surface area (Å²) in [6.07, 6.45) is 7.52. The van der Waals surface area contributed by atoms with E-state index in [1.807, 2.05) is 30.4 Å². The van der Waals surface area contributed by atoms with E-state index in [4.69, 9.17) is 0 Å². The number of hydrogen-bond acceptors (Lipinski definition) is 1. The van der Waals surface area contributed by atoms with Crippen LogP contribution in [0.15, 0.2) is 66.8 Å². The van der Waals surface area contributed by atoms with Crippen LogP contribution in [0.2, 0.25) is 0 Å².